The second-order valence-electron chi connectivity index (χ2n) is 8.39. The molecule has 8 heteroatoms. The first kappa shape index (κ1) is 23.0. The molecule has 6 nitrogen and oxygen atoms in total. The second kappa shape index (κ2) is 9.84. The maximum atomic E-state index is 14.1. The molecule has 0 aliphatic carbocycles. The Morgan fingerprint density at radius 2 is 1.97 bits per heavy atom. The smallest absolute Gasteiger partial charge is 0.322 e. The van der Waals surface area contributed by atoms with Crippen LogP contribution in [0.5, 0.6) is 0 Å². The van der Waals surface area contributed by atoms with Crippen molar-refractivity contribution in [3.63, 3.8) is 0 Å². The normalized spacial score (nSPS) is 16.0. The fourth-order valence-corrected chi connectivity index (χ4v) is 4.98. The van der Waals surface area contributed by atoms with E-state index in [9.17, 15) is 9.18 Å². The van der Waals surface area contributed by atoms with Gasteiger partial charge in [0.25, 0.3) is 5.89 Å². The minimum atomic E-state index is -0.619. The molecule has 3 heterocycles. The highest BCUT2D eigenvalue weighted by molar-refractivity contribution is 7.09. The number of carbonyl (C=O) groups excluding carboxylic acids is 1. The van der Waals surface area contributed by atoms with Gasteiger partial charge in [-0.25, -0.2) is 9.18 Å². The van der Waals surface area contributed by atoms with E-state index >= 15 is 0 Å². The Morgan fingerprint density at radius 3 is 2.69 bits per heavy atom. The molecule has 2 amide bonds. The minimum Gasteiger partial charge on any atom is -0.334 e. The number of allylic oxidation sites excluding steroid dienone is 1. The van der Waals surface area contributed by atoms with Crippen LogP contribution in [0.4, 0.5) is 9.18 Å². The molecule has 2 aromatic carbocycles. The standard InChI is InChI=1S/C27H25FN4O2S/c1-3-18-9-11-19(12-10-18)25-30-26(34-31-25)23-17(2)32(14-13-22-8-5-15-35-22)27(33)29-24(23)20-6-4-7-21(28)16-20/h4-12,15-16,24H,3,13-14H2,1-2H3,(H,29,33). The minimum absolute atomic E-state index is 0.244. The predicted molar refractivity (Wildman–Crippen MR) is 134 cm³/mol. The third kappa shape index (κ3) is 4.74. The van der Waals surface area contributed by atoms with Gasteiger partial charge in [-0.3, -0.25) is 4.90 Å². The van der Waals surface area contributed by atoms with Crippen molar-refractivity contribution in [2.24, 2.45) is 0 Å². The number of hydrogen-bond acceptors (Lipinski definition) is 5. The van der Waals surface area contributed by atoms with Crippen LogP contribution in [0.2, 0.25) is 0 Å². The molecular formula is C27H25FN4O2S. The maximum absolute atomic E-state index is 14.1. The average Bonchev–Trinajstić information content (AvgIpc) is 3.56. The fraction of sp³-hybridized carbons (Fsp3) is 0.222. The number of nitrogens with zero attached hydrogens (tertiary/aromatic N) is 3. The highest BCUT2D eigenvalue weighted by Crippen LogP contribution is 2.37. The van der Waals surface area contributed by atoms with Crippen LogP contribution in [0.25, 0.3) is 17.0 Å². The number of hydrogen-bond donors (Lipinski definition) is 1. The van der Waals surface area contributed by atoms with Gasteiger partial charge in [-0.05, 0) is 54.5 Å². The molecule has 1 atom stereocenters. The van der Waals surface area contributed by atoms with Crippen LogP contribution in [0.3, 0.4) is 0 Å². The van der Waals surface area contributed by atoms with Crippen LogP contribution in [0.15, 0.2) is 76.3 Å². The molecule has 2 aromatic heterocycles. The number of aryl methyl sites for hydroxylation is 1. The Morgan fingerprint density at radius 1 is 1.14 bits per heavy atom. The molecule has 0 saturated heterocycles. The fourth-order valence-electron chi connectivity index (χ4n) is 4.28. The summed E-state index contributed by atoms with van der Waals surface area (Å²) in [6, 6.07) is 17.4. The molecule has 35 heavy (non-hydrogen) atoms. The highest BCUT2D eigenvalue weighted by Gasteiger charge is 2.35. The van der Waals surface area contributed by atoms with E-state index in [0.29, 0.717) is 35.1 Å². The Hall–Kier alpha value is -3.78. The lowest BCUT2D eigenvalue weighted by Crippen LogP contribution is -2.46. The molecular weight excluding hydrogens is 463 g/mol. The number of rotatable bonds is 7. The largest absolute Gasteiger partial charge is 0.334 e. The molecule has 0 saturated carbocycles. The van der Waals surface area contributed by atoms with Crippen molar-refractivity contribution in [1.29, 1.82) is 0 Å². The van der Waals surface area contributed by atoms with Crippen molar-refractivity contribution in [3.8, 4) is 11.4 Å². The summed E-state index contributed by atoms with van der Waals surface area (Å²) in [5.41, 5.74) is 4.03. The quantitative estimate of drug-likeness (QED) is 0.334. The zero-order chi connectivity index (χ0) is 24.4. The van der Waals surface area contributed by atoms with Crippen LogP contribution >= 0.6 is 11.3 Å². The van der Waals surface area contributed by atoms with E-state index in [1.165, 1.54) is 22.6 Å². The van der Waals surface area contributed by atoms with Gasteiger partial charge in [-0.15, -0.1) is 11.3 Å². The summed E-state index contributed by atoms with van der Waals surface area (Å²) in [6.45, 7) is 4.47. The third-order valence-corrected chi connectivity index (χ3v) is 7.15. The number of carbonyl (C=O) groups is 1. The summed E-state index contributed by atoms with van der Waals surface area (Å²) in [6.07, 6.45) is 1.67. The molecule has 0 bridgehead atoms. The van der Waals surface area contributed by atoms with Crippen molar-refractivity contribution in [3.05, 3.63) is 99.5 Å². The Labute approximate surface area is 207 Å². The molecule has 178 valence electrons. The van der Waals surface area contributed by atoms with E-state index < -0.39 is 6.04 Å². The van der Waals surface area contributed by atoms with Crippen LogP contribution in [-0.2, 0) is 12.8 Å². The van der Waals surface area contributed by atoms with Gasteiger partial charge in [0.2, 0.25) is 5.82 Å². The first-order chi connectivity index (χ1) is 17.0. The van der Waals surface area contributed by atoms with Gasteiger partial charge in [0.1, 0.15) is 5.82 Å². The van der Waals surface area contributed by atoms with Crippen LogP contribution in [0.1, 0.15) is 41.8 Å². The monoisotopic (exact) mass is 488 g/mol. The van der Waals surface area contributed by atoms with E-state index in [1.54, 1.807) is 28.4 Å². The van der Waals surface area contributed by atoms with E-state index in [2.05, 4.69) is 28.4 Å². The van der Waals surface area contributed by atoms with Crippen molar-refractivity contribution < 1.29 is 13.7 Å². The molecule has 1 N–H and O–H groups in total. The van der Waals surface area contributed by atoms with E-state index in [-0.39, 0.29) is 11.8 Å². The Kier molecular flexibility index (Phi) is 6.46. The van der Waals surface area contributed by atoms with E-state index in [4.69, 9.17) is 4.52 Å². The van der Waals surface area contributed by atoms with Crippen molar-refractivity contribution >= 4 is 22.9 Å². The summed E-state index contributed by atoms with van der Waals surface area (Å²) >= 11 is 1.66. The molecule has 1 aliphatic rings. The van der Waals surface area contributed by atoms with Gasteiger partial charge in [-0.2, -0.15) is 4.98 Å². The SMILES string of the molecule is CCc1ccc(-c2noc(C3=C(C)N(CCc4cccs4)C(=O)NC3c3cccc(F)c3)n2)cc1. The lowest BCUT2D eigenvalue weighted by molar-refractivity contribution is 0.205. The number of aromatic nitrogens is 2. The molecule has 1 unspecified atom stereocenters. The first-order valence-corrected chi connectivity index (χ1v) is 12.4. The highest BCUT2D eigenvalue weighted by atomic mass is 32.1. The van der Waals surface area contributed by atoms with Gasteiger partial charge < -0.3 is 9.84 Å². The number of benzene rings is 2. The number of urea groups is 1. The summed E-state index contributed by atoms with van der Waals surface area (Å²) in [7, 11) is 0. The number of amides is 2. The average molecular weight is 489 g/mol. The van der Waals surface area contributed by atoms with Crippen molar-refractivity contribution in [1.82, 2.24) is 20.4 Å². The van der Waals surface area contributed by atoms with Crippen LogP contribution in [0, 0.1) is 5.82 Å². The first-order valence-electron chi connectivity index (χ1n) is 11.5. The number of nitrogens with one attached hydrogen (secondary N) is 1. The zero-order valence-electron chi connectivity index (χ0n) is 19.5. The van der Waals surface area contributed by atoms with Gasteiger partial charge in [0.05, 0.1) is 11.6 Å². The van der Waals surface area contributed by atoms with E-state index in [0.717, 1.165) is 18.4 Å². The summed E-state index contributed by atoms with van der Waals surface area (Å²) in [4.78, 5) is 20.7. The lowest BCUT2D eigenvalue weighted by Gasteiger charge is -2.35. The number of halogens is 1. The summed E-state index contributed by atoms with van der Waals surface area (Å²) < 4.78 is 19.8. The zero-order valence-corrected chi connectivity index (χ0v) is 20.3. The van der Waals surface area contributed by atoms with Gasteiger partial charge in [0, 0.05) is 22.7 Å². The number of thiophene rings is 1. The third-order valence-electron chi connectivity index (χ3n) is 6.22. The van der Waals surface area contributed by atoms with Crippen molar-refractivity contribution in [2.75, 3.05) is 6.54 Å². The van der Waals surface area contributed by atoms with E-state index in [1.807, 2.05) is 42.6 Å². The second-order valence-corrected chi connectivity index (χ2v) is 9.42. The molecule has 0 fully saturated rings. The van der Waals surface area contributed by atoms with Crippen LogP contribution < -0.4 is 5.32 Å². The van der Waals surface area contributed by atoms with Gasteiger partial charge in [0.15, 0.2) is 0 Å². The Balaban J connectivity index is 1.54. The predicted octanol–water partition coefficient (Wildman–Crippen LogP) is 6.24. The summed E-state index contributed by atoms with van der Waals surface area (Å²) in [5, 5.41) is 9.25. The van der Waals surface area contributed by atoms with Gasteiger partial charge in [-0.1, -0.05) is 54.5 Å². The molecule has 0 radical (unpaired) electrons. The Bertz CT molecular complexity index is 1360. The molecule has 4 aromatic rings. The lowest BCUT2D eigenvalue weighted by atomic mass is 9.94. The topological polar surface area (TPSA) is 71.3 Å². The van der Waals surface area contributed by atoms with Crippen LogP contribution in [-0.4, -0.2) is 27.6 Å². The molecule has 0 spiro atoms. The van der Waals surface area contributed by atoms with Crippen molar-refractivity contribution in [2.45, 2.75) is 32.7 Å². The van der Waals surface area contributed by atoms with Gasteiger partial charge >= 0.3 is 6.03 Å². The molecule has 1 aliphatic heterocycles. The maximum Gasteiger partial charge on any atom is 0.322 e. The summed E-state index contributed by atoms with van der Waals surface area (Å²) in [5.74, 6) is 0.381. The molecule has 5 rings (SSSR count).